The first kappa shape index (κ1) is 12.1. The molecule has 0 fully saturated rings. The monoisotopic (exact) mass is 271 g/mol. The number of H-pyrrole nitrogens is 1. The molecule has 0 saturated carbocycles. The largest absolute Gasteiger partial charge is 0.381 e. The second kappa shape index (κ2) is 4.94. The molecule has 0 unspecified atom stereocenters. The highest BCUT2D eigenvalue weighted by molar-refractivity contribution is 6.30. The third-order valence-electron chi connectivity index (χ3n) is 3.15. The van der Waals surface area contributed by atoms with Crippen LogP contribution in [0.4, 0.5) is 5.69 Å². The van der Waals surface area contributed by atoms with Crippen molar-refractivity contribution in [2.45, 2.75) is 13.5 Å². The van der Waals surface area contributed by atoms with Crippen LogP contribution in [0.3, 0.4) is 0 Å². The number of aromatic amines is 1. The van der Waals surface area contributed by atoms with Crippen molar-refractivity contribution in [3.8, 4) is 0 Å². The van der Waals surface area contributed by atoms with Crippen molar-refractivity contribution >= 4 is 28.2 Å². The zero-order valence-corrected chi connectivity index (χ0v) is 11.3. The Morgan fingerprint density at radius 3 is 2.74 bits per heavy atom. The zero-order chi connectivity index (χ0) is 13.2. The number of benzene rings is 2. The normalized spacial score (nSPS) is 10.8. The molecule has 2 N–H and O–H groups in total. The van der Waals surface area contributed by atoms with Crippen LogP contribution in [0.1, 0.15) is 11.3 Å². The average molecular weight is 272 g/mol. The smallest absolute Gasteiger partial charge is 0.0925 e. The van der Waals surface area contributed by atoms with Crippen LogP contribution in [-0.2, 0) is 6.54 Å². The minimum Gasteiger partial charge on any atom is -0.381 e. The van der Waals surface area contributed by atoms with Crippen molar-refractivity contribution in [3.05, 3.63) is 58.7 Å². The van der Waals surface area contributed by atoms with E-state index in [0.29, 0.717) is 0 Å². The van der Waals surface area contributed by atoms with E-state index in [2.05, 4.69) is 21.6 Å². The third-order valence-corrected chi connectivity index (χ3v) is 3.41. The molecule has 0 aliphatic carbocycles. The van der Waals surface area contributed by atoms with Gasteiger partial charge >= 0.3 is 0 Å². The van der Waals surface area contributed by atoms with Crippen LogP contribution in [0.5, 0.6) is 0 Å². The molecule has 0 atom stereocenters. The van der Waals surface area contributed by atoms with Crippen LogP contribution in [-0.4, -0.2) is 10.2 Å². The number of fused-ring (bicyclic) bond motifs is 1. The topological polar surface area (TPSA) is 40.7 Å². The summed E-state index contributed by atoms with van der Waals surface area (Å²) in [6.45, 7) is 2.80. The van der Waals surface area contributed by atoms with E-state index >= 15 is 0 Å². The van der Waals surface area contributed by atoms with Crippen LogP contribution >= 0.6 is 11.6 Å². The molecule has 0 aliphatic rings. The molecule has 4 heteroatoms. The van der Waals surface area contributed by atoms with Gasteiger partial charge in [0.05, 0.1) is 5.52 Å². The van der Waals surface area contributed by atoms with Gasteiger partial charge < -0.3 is 5.32 Å². The molecule has 3 rings (SSSR count). The number of hydrogen-bond donors (Lipinski definition) is 2. The Kier molecular flexibility index (Phi) is 3.13. The maximum Gasteiger partial charge on any atom is 0.0925 e. The molecule has 1 aromatic heterocycles. The lowest BCUT2D eigenvalue weighted by Gasteiger charge is -2.06. The van der Waals surface area contributed by atoms with Gasteiger partial charge in [-0.05, 0) is 42.8 Å². The molecule has 0 bridgehead atoms. The molecule has 1 heterocycles. The van der Waals surface area contributed by atoms with Gasteiger partial charge in [0.2, 0.25) is 0 Å². The Morgan fingerprint density at radius 2 is 1.95 bits per heavy atom. The summed E-state index contributed by atoms with van der Waals surface area (Å²) in [5, 5.41) is 12.5. The van der Waals surface area contributed by atoms with Gasteiger partial charge in [-0.1, -0.05) is 23.7 Å². The van der Waals surface area contributed by atoms with Crippen LogP contribution < -0.4 is 5.32 Å². The van der Waals surface area contributed by atoms with Crippen LogP contribution in [0.25, 0.3) is 10.9 Å². The Hall–Kier alpha value is -2.00. The molecule has 0 spiro atoms. The summed E-state index contributed by atoms with van der Waals surface area (Å²) in [6, 6.07) is 14.0. The van der Waals surface area contributed by atoms with Gasteiger partial charge in [-0.25, -0.2) is 0 Å². The van der Waals surface area contributed by atoms with Crippen molar-refractivity contribution in [1.29, 1.82) is 0 Å². The van der Waals surface area contributed by atoms with E-state index in [-0.39, 0.29) is 0 Å². The van der Waals surface area contributed by atoms with E-state index in [1.165, 1.54) is 5.56 Å². The number of nitrogens with zero attached hydrogens (tertiary/aromatic N) is 1. The summed E-state index contributed by atoms with van der Waals surface area (Å²) < 4.78 is 0. The second-order valence-corrected chi connectivity index (χ2v) is 5.00. The highest BCUT2D eigenvalue weighted by atomic mass is 35.5. The second-order valence-electron chi connectivity index (χ2n) is 4.56. The van der Waals surface area contributed by atoms with Crippen LogP contribution in [0.15, 0.2) is 42.5 Å². The van der Waals surface area contributed by atoms with E-state index in [1.54, 1.807) is 0 Å². The number of halogens is 1. The summed E-state index contributed by atoms with van der Waals surface area (Å²) in [7, 11) is 0. The highest BCUT2D eigenvalue weighted by Crippen LogP contribution is 2.20. The number of nitrogens with one attached hydrogen (secondary N) is 2. The SMILES string of the molecule is Cc1[nH]nc2ccc(NCc3ccc(Cl)cc3)cc12. The zero-order valence-electron chi connectivity index (χ0n) is 10.6. The third kappa shape index (κ3) is 2.56. The van der Waals surface area contributed by atoms with Crippen molar-refractivity contribution in [2.24, 2.45) is 0 Å². The van der Waals surface area contributed by atoms with Crippen molar-refractivity contribution in [1.82, 2.24) is 10.2 Å². The maximum atomic E-state index is 5.87. The van der Waals surface area contributed by atoms with Gasteiger partial charge in [0.1, 0.15) is 0 Å². The quantitative estimate of drug-likeness (QED) is 0.752. The molecule has 0 radical (unpaired) electrons. The van der Waals surface area contributed by atoms with E-state index in [1.807, 2.05) is 43.3 Å². The molecule has 19 heavy (non-hydrogen) atoms. The number of aryl methyl sites for hydroxylation is 1. The lowest BCUT2D eigenvalue weighted by molar-refractivity contribution is 1.07. The van der Waals surface area contributed by atoms with Crippen molar-refractivity contribution < 1.29 is 0 Å². The minimum atomic E-state index is 0.763. The Balaban J connectivity index is 1.77. The van der Waals surface area contributed by atoms with Gasteiger partial charge in [0, 0.05) is 28.3 Å². The predicted octanol–water partition coefficient (Wildman–Crippen LogP) is 4.14. The fraction of sp³-hybridized carbons (Fsp3) is 0.133. The van der Waals surface area contributed by atoms with Gasteiger partial charge in [-0.3, -0.25) is 5.10 Å². The fourth-order valence-corrected chi connectivity index (χ4v) is 2.18. The molecule has 0 aliphatic heterocycles. The molecule has 0 saturated heterocycles. The number of aromatic nitrogens is 2. The summed E-state index contributed by atoms with van der Waals surface area (Å²) in [5.74, 6) is 0. The summed E-state index contributed by atoms with van der Waals surface area (Å²) in [5.41, 5.74) is 4.38. The Bertz CT molecular complexity index is 701. The first-order valence-corrected chi connectivity index (χ1v) is 6.53. The number of anilines is 1. The van der Waals surface area contributed by atoms with E-state index < -0.39 is 0 Å². The molecule has 0 amide bonds. The van der Waals surface area contributed by atoms with Gasteiger partial charge in [-0.15, -0.1) is 0 Å². The van der Waals surface area contributed by atoms with Gasteiger partial charge in [0.25, 0.3) is 0 Å². The summed E-state index contributed by atoms with van der Waals surface area (Å²) >= 11 is 5.87. The molecule has 2 aromatic carbocycles. The standard InChI is InChI=1S/C15H14ClN3/c1-10-14-8-13(6-7-15(14)19-18-10)17-9-11-2-4-12(16)5-3-11/h2-8,17H,9H2,1H3,(H,18,19). The molecular formula is C15H14ClN3. The van der Waals surface area contributed by atoms with Crippen LogP contribution in [0, 0.1) is 6.92 Å². The van der Waals surface area contributed by atoms with Crippen molar-refractivity contribution in [2.75, 3.05) is 5.32 Å². The first-order valence-electron chi connectivity index (χ1n) is 6.15. The number of rotatable bonds is 3. The highest BCUT2D eigenvalue weighted by Gasteiger charge is 2.02. The van der Waals surface area contributed by atoms with E-state index in [4.69, 9.17) is 11.6 Å². The Morgan fingerprint density at radius 1 is 1.16 bits per heavy atom. The summed E-state index contributed by atoms with van der Waals surface area (Å²) in [6.07, 6.45) is 0. The first-order chi connectivity index (χ1) is 9.22. The minimum absolute atomic E-state index is 0.763. The lowest BCUT2D eigenvalue weighted by Crippen LogP contribution is -1.98. The van der Waals surface area contributed by atoms with Gasteiger partial charge in [-0.2, -0.15) is 5.10 Å². The van der Waals surface area contributed by atoms with Crippen molar-refractivity contribution in [3.63, 3.8) is 0 Å². The summed E-state index contributed by atoms with van der Waals surface area (Å²) in [4.78, 5) is 0. The number of hydrogen-bond acceptors (Lipinski definition) is 2. The molecule has 3 aromatic rings. The lowest BCUT2D eigenvalue weighted by atomic mass is 10.2. The van der Waals surface area contributed by atoms with E-state index in [0.717, 1.165) is 33.9 Å². The maximum absolute atomic E-state index is 5.87. The average Bonchev–Trinajstić information content (AvgIpc) is 2.80. The Labute approximate surface area is 116 Å². The molecule has 96 valence electrons. The predicted molar refractivity (Wildman–Crippen MR) is 79.6 cm³/mol. The van der Waals surface area contributed by atoms with Gasteiger partial charge in [0.15, 0.2) is 0 Å². The molecular weight excluding hydrogens is 258 g/mol. The van der Waals surface area contributed by atoms with E-state index in [9.17, 15) is 0 Å². The fourth-order valence-electron chi connectivity index (χ4n) is 2.05. The van der Waals surface area contributed by atoms with Crippen LogP contribution in [0.2, 0.25) is 5.02 Å². The molecule has 3 nitrogen and oxygen atoms in total.